The first-order valence-corrected chi connectivity index (χ1v) is 8.27. The molecule has 2 rings (SSSR count). The van der Waals surface area contributed by atoms with Crippen LogP contribution in [0.15, 0.2) is 17.3 Å². The number of nitrogens with two attached hydrogens (primary N) is 1. The zero-order valence-corrected chi connectivity index (χ0v) is 13.0. The molecule has 0 spiro atoms. The van der Waals surface area contributed by atoms with Crippen LogP contribution in [-0.4, -0.2) is 53.8 Å². The molecule has 0 bridgehead atoms. The van der Waals surface area contributed by atoms with Crippen molar-refractivity contribution in [3.63, 3.8) is 0 Å². The van der Waals surface area contributed by atoms with Crippen molar-refractivity contribution < 1.29 is 8.42 Å². The Bertz CT molecular complexity index is 575. The lowest BCUT2D eigenvalue weighted by atomic mass is 10.1. The van der Waals surface area contributed by atoms with E-state index < -0.39 is 10.0 Å². The summed E-state index contributed by atoms with van der Waals surface area (Å²) in [4.78, 5) is 2.81. The SMILES string of the molecule is Cn1cc(S(=O)(=O)NC2CCN(CC(N)=S)CC2)cn1. The number of sulfonamides is 1. The van der Waals surface area contributed by atoms with Gasteiger partial charge in [0.05, 0.1) is 11.2 Å². The van der Waals surface area contributed by atoms with Gasteiger partial charge in [-0.3, -0.25) is 9.58 Å². The smallest absolute Gasteiger partial charge is 0.243 e. The van der Waals surface area contributed by atoms with Gasteiger partial charge in [0.15, 0.2) is 0 Å². The maximum Gasteiger partial charge on any atom is 0.243 e. The number of hydrogen-bond donors (Lipinski definition) is 2. The summed E-state index contributed by atoms with van der Waals surface area (Å²) in [5.41, 5.74) is 5.51. The van der Waals surface area contributed by atoms with Gasteiger partial charge in [-0.2, -0.15) is 5.10 Å². The van der Waals surface area contributed by atoms with E-state index >= 15 is 0 Å². The topological polar surface area (TPSA) is 93.2 Å². The molecule has 3 N–H and O–H groups in total. The number of rotatable bonds is 5. The van der Waals surface area contributed by atoms with Crippen LogP contribution in [0.3, 0.4) is 0 Å². The quantitative estimate of drug-likeness (QED) is 0.708. The van der Waals surface area contributed by atoms with Crippen molar-refractivity contribution in [3.8, 4) is 0 Å². The Kier molecular flexibility index (Phi) is 4.74. The molecule has 0 atom stereocenters. The van der Waals surface area contributed by atoms with E-state index in [2.05, 4.69) is 14.7 Å². The highest BCUT2D eigenvalue weighted by Gasteiger charge is 2.25. The summed E-state index contributed by atoms with van der Waals surface area (Å²) in [5.74, 6) is 0. The number of aryl methyl sites for hydroxylation is 1. The van der Waals surface area contributed by atoms with Crippen LogP contribution in [0.1, 0.15) is 12.8 Å². The summed E-state index contributed by atoms with van der Waals surface area (Å²) in [6.07, 6.45) is 4.35. The van der Waals surface area contributed by atoms with E-state index in [4.69, 9.17) is 18.0 Å². The van der Waals surface area contributed by atoms with Crippen LogP contribution in [0.5, 0.6) is 0 Å². The highest BCUT2D eigenvalue weighted by molar-refractivity contribution is 7.89. The van der Waals surface area contributed by atoms with Gasteiger partial charge < -0.3 is 5.73 Å². The number of hydrogen-bond acceptors (Lipinski definition) is 5. The zero-order valence-electron chi connectivity index (χ0n) is 11.3. The van der Waals surface area contributed by atoms with E-state index in [1.165, 1.54) is 17.1 Å². The summed E-state index contributed by atoms with van der Waals surface area (Å²) < 4.78 is 28.5. The second-order valence-electron chi connectivity index (χ2n) is 4.99. The van der Waals surface area contributed by atoms with Crippen molar-refractivity contribution in [1.82, 2.24) is 19.4 Å². The fraction of sp³-hybridized carbons (Fsp3) is 0.636. The van der Waals surface area contributed by atoms with Crippen LogP contribution in [0, 0.1) is 0 Å². The molecule has 0 aromatic carbocycles. The van der Waals surface area contributed by atoms with Crippen molar-refractivity contribution in [2.45, 2.75) is 23.8 Å². The lowest BCUT2D eigenvalue weighted by Gasteiger charge is -2.31. The van der Waals surface area contributed by atoms with Gasteiger partial charge in [0.1, 0.15) is 4.90 Å². The van der Waals surface area contributed by atoms with Crippen molar-refractivity contribution >= 4 is 27.2 Å². The Labute approximate surface area is 124 Å². The number of thiocarbonyl (C=S) groups is 1. The molecule has 1 aromatic rings. The summed E-state index contributed by atoms with van der Waals surface area (Å²) in [7, 11) is -1.79. The lowest BCUT2D eigenvalue weighted by molar-refractivity contribution is 0.233. The highest BCUT2D eigenvalue weighted by Crippen LogP contribution is 2.14. The second-order valence-corrected chi connectivity index (χ2v) is 7.23. The molecule has 2 heterocycles. The summed E-state index contributed by atoms with van der Waals surface area (Å²) in [6.45, 7) is 2.17. The summed E-state index contributed by atoms with van der Waals surface area (Å²) in [5, 5.41) is 3.88. The maximum atomic E-state index is 12.2. The Morgan fingerprint density at radius 3 is 2.70 bits per heavy atom. The molecule has 0 aliphatic carbocycles. The molecule has 1 aliphatic rings. The van der Waals surface area contributed by atoms with Crippen molar-refractivity contribution in [2.24, 2.45) is 12.8 Å². The molecular weight excluding hydrogens is 298 g/mol. The van der Waals surface area contributed by atoms with Gasteiger partial charge in [0.2, 0.25) is 10.0 Å². The molecule has 0 radical (unpaired) electrons. The Hall–Kier alpha value is -1.03. The Morgan fingerprint density at radius 1 is 1.55 bits per heavy atom. The van der Waals surface area contributed by atoms with E-state index in [1.807, 2.05) is 0 Å². The van der Waals surface area contributed by atoms with Crippen LogP contribution in [0.2, 0.25) is 0 Å². The van der Waals surface area contributed by atoms with E-state index in [9.17, 15) is 8.42 Å². The minimum absolute atomic E-state index is 0.0530. The normalized spacial score (nSPS) is 18.2. The molecule has 20 heavy (non-hydrogen) atoms. The average Bonchev–Trinajstić information content (AvgIpc) is 2.78. The Morgan fingerprint density at radius 2 is 2.20 bits per heavy atom. The monoisotopic (exact) mass is 317 g/mol. The molecule has 112 valence electrons. The number of nitrogens with one attached hydrogen (secondary N) is 1. The molecule has 1 saturated heterocycles. The minimum atomic E-state index is -3.48. The molecule has 0 saturated carbocycles. The van der Waals surface area contributed by atoms with Crippen molar-refractivity contribution in [3.05, 3.63) is 12.4 Å². The third-order valence-electron chi connectivity index (χ3n) is 3.28. The van der Waals surface area contributed by atoms with Crippen molar-refractivity contribution in [2.75, 3.05) is 19.6 Å². The standard InChI is InChI=1S/C11H19N5O2S2/c1-15-7-10(6-13-15)20(17,18)14-9-2-4-16(5-3-9)8-11(12)19/h6-7,9,14H,2-5,8H2,1H3,(H2,12,19). The van der Waals surface area contributed by atoms with Gasteiger partial charge in [-0.25, -0.2) is 13.1 Å². The highest BCUT2D eigenvalue weighted by atomic mass is 32.2. The maximum absolute atomic E-state index is 12.2. The second kappa shape index (κ2) is 6.17. The zero-order chi connectivity index (χ0) is 14.8. The number of aromatic nitrogens is 2. The number of likely N-dealkylation sites (tertiary alicyclic amines) is 1. The van der Waals surface area contributed by atoms with Gasteiger partial charge >= 0.3 is 0 Å². The van der Waals surface area contributed by atoms with E-state index in [0.29, 0.717) is 11.5 Å². The first-order chi connectivity index (χ1) is 9.37. The minimum Gasteiger partial charge on any atom is -0.392 e. The average molecular weight is 317 g/mol. The van der Waals surface area contributed by atoms with Gasteiger partial charge in [0.25, 0.3) is 0 Å². The van der Waals surface area contributed by atoms with Gasteiger partial charge in [-0.1, -0.05) is 12.2 Å². The molecule has 1 fully saturated rings. The van der Waals surface area contributed by atoms with Gasteiger partial charge in [0, 0.05) is 38.9 Å². The van der Waals surface area contributed by atoms with Crippen molar-refractivity contribution in [1.29, 1.82) is 0 Å². The van der Waals surface area contributed by atoms with Gasteiger partial charge in [-0.05, 0) is 12.8 Å². The summed E-state index contributed by atoms with van der Waals surface area (Å²) in [6, 6.07) is -0.0530. The largest absolute Gasteiger partial charge is 0.392 e. The summed E-state index contributed by atoms with van der Waals surface area (Å²) >= 11 is 4.87. The van der Waals surface area contributed by atoms with E-state index in [-0.39, 0.29) is 10.9 Å². The number of nitrogens with zero attached hydrogens (tertiary/aromatic N) is 3. The van der Waals surface area contributed by atoms with Gasteiger partial charge in [-0.15, -0.1) is 0 Å². The van der Waals surface area contributed by atoms with Crippen LogP contribution in [0.25, 0.3) is 0 Å². The third-order valence-corrected chi connectivity index (χ3v) is 4.88. The van der Waals surface area contributed by atoms with Crippen LogP contribution in [0.4, 0.5) is 0 Å². The first-order valence-electron chi connectivity index (χ1n) is 6.38. The molecule has 0 amide bonds. The fourth-order valence-electron chi connectivity index (χ4n) is 2.25. The number of piperidine rings is 1. The van der Waals surface area contributed by atoms with E-state index in [1.54, 1.807) is 7.05 Å². The fourth-order valence-corrected chi connectivity index (χ4v) is 3.72. The molecular formula is C11H19N5O2S2. The molecule has 1 aliphatic heterocycles. The van der Waals surface area contributed by atoms with Crippen LogP contribution < -0.4 is 10.5 Å². The predicted molar refractivity (Wildman–Crippen MR) is 79.8 cm³/mol. The lowest BCUT2D eigenvalue weighted by Crippen LogP contribution is -2.46. The van der Waals surface area contributed by atoms with Crippen LogP contribution in [-0.2, 0) is 17.1 Å². The molecule has 0 unspecified atom stereocenters. The predicted octanol–water partition coefficient (Wildman–Crippen LogP) is -0.551. The van der Waals surface area contributed by atoms with E-state index in [0.717, 1.165) is 25.9 Å². The first kappa shape index (κ1) is 15.4. The molecule has 7 nitrogen and oxygen atoms in total. The molecule has 1 aromatic heterocycles. The third kappa shape index (κ3) is 3.98. The molecule has 9 heteroatoms. The Balaban J connectivity index is 1.91. The van der Waals surface area contributed by atoms with Crippen LogP contribution >= 0.6 is 12.2 Å².